The molecule has 0 saturated carbocycles. The molecule has 0 bridgehead atoms. The Balaban J connectivity index is 2.02. The van der Waals surface area contributed by atoms with Gasteiger partial charge in [-0.05, 0) is 12.5 Å². The van der Waals surface area contributed by atoms with E-state index in [2.05, 4.69) is 5.10 Å². The summed E-state index contributed by atoms with van der Waals surface area (Å²) < 4.78 is 29.4. The minimum atomic E-state index is -3.05. The van der Waals surface area contributed by atoms with Crippen LogP contribution >= 0.6 is 0 Å². The van der Waals surface area contributed by atoms with Crippen molar-refractivity contribution in [2.45, 2.75) is 12.5 Å². The molecule has 8 heteroatoms. The second-order valence-electron chi connectivity index (χ2n) is 4.75. The van der Waals surface area contributed by atoms with Gasteiger partial charge in [-0.2, -0.15) is 5.10 Å². The van der Waals surface area contributed by atoms with Crippen LogP contribution in [0, 0.1) is 0 Å². The first-order valence-electron chi connectivity index (χ1n) is 6.02. The van der Waals surface area contributed by atoms with Gasteiger partial charge in [-0.1, -0.05) is 0 Å². The summed E-state index contributed by atoms with van der Waals surface area (Å²) in [5, 5.41) is 13.5. The van der Waals surface area contributed by atoms with Crippen molar-refractivity contribution in [1.82, 2.24) is 9.78 Å². The first-order valence-corrected chi connectivity index (χ1v) is 7.84. The van der Waals surface area contributed by atoms with Gasteiger partial charge in [0.05, 0.1) is 30.1 Å². The highest BCUT2D eigenvalue weighted by molar-refractivity contribution is 7.91. The number of carbonyl (C=O) groups is 1. The molecule has 20 heavy (non-hydrogen) atoms. The number of sulfone groups is 1. The van der Waals surface area contributed by atoms with Gasteiger partial charge >= 0.3 is 5.97 Å². The molecule has 0 aliphatic carbocycles. The Bertz CT molecular complexity index is 745. The predicted octanol–water partition coefficient (Wildman–Crippen LogP) is 1.20. The van der Waals surface area contributed by atoms with Crippen LogP contribution in [0.4, 0.5) is 0 Å². The lowest BCUT2D eigenvalue weighted by atomic mass is 10.1. The van der Waals surface area contributed by atoms with Crippen LogP contribution in [0.5, 0.6) is 0 Å². The van der Waals surface area contributed by atoms with E-state index < -0.39 is 15.8 Å². The van der Waals surface area contributed by atoms with E-state index in [9.17, 15) is 18.3 Å². The van der Waals surface area contributed by atoms with Gasteiger partial charge in [-0.3, -0.25) is 4.68 Å². The van der Waals surface area contributed by atoms with Gasteiger partial charge in [0.1, 0.15) is 11.3 Å². The van der Waals surface area contributed by atoms with Crippen molar-refractivity contribution >= 4 is 15.8 Å². The zero-order valence-corrected chi connectivity index (χ0v) is 11.2. The van der Waals surface area contributed by atoms with E-state index in [4.69, 9.17) is 4.42 Å². The summed E-state index contributed by atoms with van der Waals surface area (Å²) in [4.78, 5) is 11.3. The van der Waals surface area contributed by atoms with Gasteiger partial charge in [0.2, 0.25) is 0 Å². The van der Waals surface area contributed by atoms with Crippen LogP contribution < -0.4 is 0 Å². The second-order valence-corrected chi connectivity index (χ2v) is 6.97. The molecule has 1 aliphatic heterocycles. The van der Waals surface area contributed by atoms with Crippen molar-refractivity contribution in [3.05, 3.63) is 30.4 Å². The number of hydrogen-bond donors (Lipinski definition) is 1. The molecule has 0 radical (unpaired) electrons. The lowest BCUT2D eigenvalue weighted by Crippen LogP contribution is -2.11. The Labute approximate surface area is 114 Å². The molecular formula is C12H12N2O5S. The van der Waals surface area contributed by atoms with E-state index >= 15 is 0 Å². The number of aromatic nitrogens is 2. The summed E-state index contributed by atoms with van der Waals surface area (Å²) in [5.41, 5.74) is 0.883. The molecule has 2 aromatic heterocycles. The largest absolute Gasteiger partial charge is 0.478 e. The first-order chi connectivity index (χ1) is 9.46. The van der Waals surface area contributed by atoms with Gasteiger partial charge in [0, 0.05) is 11.8 Å². The maximum absolute atomic E-state index is 11.5. The van der Waals surface area contributed by atoms with Gasteiger partial charge in [-0.15, -0.1) is 0 Å². The van der Waals surface area contributed by atoms with E-state index in [0.29, 0.717) is 12.0 Å². The normalized spacial score (nSPS) is 21.1. The van der Waals surface area contributed by atoms with E-state index in [-0.39, 0.29) is 28.8 Å². The molecule has 1 aliphatic rings. The van der Waals surface area contributed by atoms with Crippen molar-refractivity contribution in [3.63, 3.8) is 0 Å². The van der Waals surface area contributed by atoms with Crippen LogP contribution in [0.15, 0.2) is 29.2 Å². The molecule has 106 valence electrons. The minimum absolute atomic E-state index is 0.00142. The number of rotatable bonds is 3. The molecule has 1 unspecified atom stereocenters. The van der Waals surface area contributed by atoms with Crippen LogP contribution in [0.2, 0.25) is 0 Å². The zero-order chi connectivity index (χ0) is 14.3. The molecule has 1 atom stereocenters. The Morgan fingerprint density at radius 2 is 2.30 bits per heavy atom. The maximum Gasteiger partial charge on any atom is 0.339 e. The highest BCUT2D eigenvalue weighted by Gasteiger charge is 2.31. The van der Waals surface area contributed by atoms with Crippen molar-refractivity contribution in [2.24, 2.45) is 0 Å². The summed E-state index contributed by atoms with van der Waals surface area (Å²) in [6.45, 7) is 0. The monoisotopic (exact) mass is 296 g/mol. The SMILES string of the molecule is O=C(O)c1cn(C2CCS(=O)(=O)C2)nc1-c1ccoc1. The van der Waals surface area contributed by atoms with Gasteiger partial charge in [0.15, 0.2) is 9.84 Å². The summed E-state index contributed by atoms with van der Waals surface area (Å²) in [6, 6.07) is 1.31. The fourth-order valence-corrected chi connectivity index (χ4v) is 4.04. The molecule has 0 spiro atoms. The van der Waals surface area contributed by atoms with Crippen LogP contribution in [0.25, 0.3) is 11.3 Å². The minimum Gasteiger partial charge on any atom is -0.478 e. The Hall–Kier alpha value is -2.09. The molecule has 0 amide bonds. The number of carboxylic acids is 1. The van der Waals surface area contributed by atoms with Crippen LogP contribution in [-0.2, 0) is 9.84 Å². The van der Waals surface area contributed by atoms with Gasteiger partial charge in [-0.25, -0.2) is 13.2 Å². The molecule has 7 nitrogen and oxygen atoms in total. The van der Waals surface area contributed by atoms with E-state index in [1.54, 1.807) is 6.07 Å². The van der Waals surface area contributed by atoms with E-state index in [0.717, 1.165) is 0 Å². The average molecular weight is 296 g/mol. The van der Waals surface area contributed by atoms with Gasteiger partial charge < -0.3 is 9.52 Å². The predicted molar refractivity (Wildman–Crippen MR) is 69.2 cm³/mol. The van der Waals surface area contributed by atoms with Crippen LogP contribution in [0.1, 0.15) is 22.8 Å². The van der Waals surface area contributed by atoms with E-state index in [1.165, 1.54) is 23.4 Å². The quantitative estimate of drug-likeness (QED) is 0.913. The molecule has 1 N–H and O–H groups in total. The Morgan fingerprint density at radius 1 is 1.50 bits per heavy atom. The third-order valence-corrected chi connectivity index (χ3v) is 5.09. The van der Waals surface area contributed by atoms with Crippen molar-refractivity contribution in [3.8, 4) is 11.3 Å². The van der Waals surface area contributed by atoms with E-state index in [1.807, 2.05) is 0 Å². The van der Waals surface area contributed by atoms with Crippen molar-refractivity contribution in [1.29, 1.82) is 0 Å². The topological polar surface area (TPSA) is 102 Å². The second kappa shape index (κ2) is 4.48. The number of furan rings is 1. The lowest BCUT2D eigenvalue weighted by molar-refractivity contribution is 0.0697. The Morgan fingerprint density at radius 3 is 2.85 bits per heavy atom. The van der Waals surface area contributed by atoms with Crippen molar-refractivity contribution < 1.29 is 22.7 Å². The lowest BCUT2D eigenvalue weighted by Gasteiger charge is -2.07. The molecule has 2 aromatic rings. The number of aromatic carboxylic acids is 1. The standard InChI is InChI=1S/C12H12N2O5S/c15-12(16)10-5-14(9-2-4-20(17,18)7-9)13-11(10)8-1-3-19-6-8/h1,3,5-6,9H,2,4,7H2,(H,15,16). The number of carboxylic acid groups (broad SMARTS) is 1. The molecular weight excluding hydrogens is 284 g/mol. The average Bonchev–Trinajstić information content (AvgIpc) is 3.04. The third-order valence-electron chi connectivity index (χ3n) is 3.34. The summed E-state index contributed by atoms with van der Waals surface area (Å²) >= 11 is 0. The van der Waals surface area contributed by atoms with Crippen LogP contribution in [-0.4, -0.2) is 40.8 Å². The molecule has 1 saturated heterocycles. The highest BCUT2D eigenvalue weighted by atomic mass is 32.2. The molecule has 3 heterocycles. The first kappa shape index (κ1) is 12.9. The van der Waals surface area contributed by atoms with Gasteiger partial charge in [0.25, 0.3) is 0 Å². The summed E-state index contributed by atoms with van der Waals surface area (Å²) in [7, 11) is -3.05. The Kier molecular flexibility index (Phi) is 2.89. The zero-order valence-electron chi connectivity index (χ0n) is 10.4. The number of hydrogen-bond acceptors (Lipinski definition) is 5. The fraction of sp³-hybridized carbons (Fsp3) is 0.333. The summed E-state index contributed by atoms with van der Waals surface area (Å²) in [5.74, 6) is -0.993. The fourth-order valence-electron chi connectivity index (χ4n) is 2.33. The molecule has 0 aromatic carbocycles. The number of nitrogens with zero attached hydrogens (tertiary/aromatic N) is 2. The van der Waals surface area contributed by atoms with Crippen LogP contribution in [0.3, 0.4) is 0 Å². The van der Waals surface area contributed by atoms with Crippen molar-refractivity contribution in [2.75, 3.05) is 11.5 Å². The third kappa shape index (κ3) is 2.22. The molecule has 3 rings (SSSR count). The molecule has 1 fully saturated rings. The maximum atomic E-state index is 11.5. The highest BCUT2D eigenvalue weighted by Crippen LogP contribution is 2.28. The summed E-state index contributed by atoms with van der Waals surface area (Å²) in [6.07, 6.45) is 4.68. The smallest absolute Gasteiger partial charge is 0.339 e.